The third-order valence-corrected chi connectivity index (χ3v) is 7.04. The van der Waals surface area contributed by atoms with Crippen LogP contribution in [0, 0.1) is 17.8 Å². The fourth-order valence-corrected chi connectivity index (χ4v) is 4.94. The molecule has 2 heterocycles. The molecule has 0 bridgehead atoms. The first-order valence-corrected chi connectivity index (χ1v) is 11.7. The minimum absolute atomic E-state index is 0. The second-order valence-electron chi connectivity index (χ2n) is 9.63. The summed E-state index contributed by atoms with van der Waals surface area (Å²) in [5, 5.41) is 11.1. The van der Waals surface area contributed by atoms with Gasteiger partial charge in [-0.2, -0.15) is 0 Å². The van der Waals surface area contributed by atoms with E-state index >= 15 is 0 Å². The van der Waals surface area contributed by atoms with E-state index in [0.29, 0.717) is 17.6 Å². The molecule has 0 saturated carbocycles. The number of phenols is 1. The van der Waals surface area contributed by atoms with E-state index in [1.54, 1.807) is 0 Å². The number of hydrogen-bond donors (Lipinski definition) is 1. The Bertz CT molecular complexity index is 862. The summed E-state index contributed by atoms with van der Waals surface area (Å²) in [6.07, 6.45) is 6.00. The molecule has 4 heteroatoms. The van der Waals surface area contributed by atoms with Crippen LogP contribution in [0.1, 0.15) is 90.7 Å². The molecule has 1 aromatic carbocycles. The quantitative estimate of drug-likeness (QED) is 0.370. The van der Waals surface area contributed by atoms with Crippen LogP contribution in [0.2, 0.25) is 0 Å². The number of unbranched alkanes of at least 4 members (excludes halogenated alkanes) is 2. The van der Waals surface area contributed by atoms with Crippen LogP contribution in [0.5, 0.6) is 11.5 Å². The highest BCUT2D eigenvalue weighted by atomic mass is 35.5. The summed E-state index contributed by atoms with van der Waals surface area (Å²) in [6, 6.07) is 4.17. The van der Waals surface area contributed by atoms with E-state index in [2.05, 4.69) is 57.4 Å². The molecule has 172 valence electrons. The lowest BCUT2D eigenvalue weighted by Gasteiger charge is -2.42. The Morgan fingerprint density at radius 1 is 1.23 bits per heavy atom. The predicted octanol–water partition coefficient (Wildman–Crippen LogP) is 6.79. The van der Waals surface area contributed by atoms with Crippen molar-refractivity contribution < 1.29 is 9.84 Å². The maximum absolute atomic E-state index is 11.1. The van der Waals surface area contributed by atoms with E-state index in [-0.39, 0.29) is 18.0 Å². The third-order valence-electron chi connectivity index (χ3n) is 7.04. The lowest BCUT2D eigenvalue weighted by Crippen LogP contribution is -2.42. The number of ether oxygens (including phenoxy) is 1. The molecule has 31 heavy (non-hydrogen) atoms. The van der Waals surface area contributed by atoms with E-state index in [1.165, 1.54) is 42.4 Å². The summed E-state index contributed by atoms with van der Waals surface area (Å²) >= 11 is 0. The summed E-state index contributed by atoms with van der Waals surface area (Å²) < 4.78 is 6.49. The van der Waals surface area contributed by atoms with Crippen molar-refractivity contribution in [1.29, 1.82) is 0 Å². The van der Waals surface area contributed by atoms with Gasteiger partial charge in [0.2, 0.25) is 0 Å². The average Bonchev–Trinajstić information content (AvgIpc) is 2.70. The summed E-state index contributed by atoms with van der Waals surface area (Å²) in [4.78, 5) is 2.37. The van der Waals surface area contributed by atoms with Gasteiger partial charge in [-0.3, -0.25) is 4.90 Å². The zero-order chi connectivity index (χ0) is 21.9. The first-order chi connectivity index (χ1) is 14.3. The molecule has 2 aliphatic heterocycles. The topological polar surface area (TPSA) is 32.7 Å². The highest BCUT2D eigenvalue weighted by molar-refractivity contribution is 5.85. The number of nitrogens with zero attached hydrogens (tertiary/aromatic N) is 1. The number of phenolic OH excluding ortho intramolecular Hbond substituents is 1. The average molecular weight is 446 g/mol. The Kier molecular flexibility index (Phi) is 8.92. The van der Waals surface area contributed by atoms with Gasteiger partial charge in [0.25, 0.3) is 0 Å². The smallest absolute Gasteiger partial charge is 0.132 e. The van der Waals surface area contributed by atoms with Gasteiger partial charge in [0, 0.05) is 13.1 Å². The van der Waals surface area contributed by atoms with Crippen LogP contribution in [0.3, 0.4) is 0 Å². The zero-order valence-electron chi connectivity index (χ0n) is 20.2. The van der Waals surface area contributed by atoms with Gasteiger partial charge in [0.15, 0.2) is 0 Å². The zero-order valence-corrected chi connectivity index (χ0v) is 21.0. The van der Waals surface area contributed by atoms with Gasteiger partial charge in [-0.15, -0.1) is 18.3 Å². The van der Waals surface area contributed by atoms with Gasteiger partial charge in [-0.05, 0) is 67.9 Å². The number of aromatic hydroxyl groups is 1. The monoisotopic (exact) mass is 445 g/mol. The van der Waals surface area contributed by atoms with Crippen molar-refractivity contribution in [3.8, 4) is 23.3 Å². The molecule has 2 unspecified atom stereocenters. The fraction of sp³-hybridized carbons (Fsp3) is 0.630. The van der Waals surface area contributed by atoms with Crippen molar-refractivity contribution in [2.45, 2.75) is 85.2 Å². The molecule has 3 rings (SSSR count). The molecule has 2 aliphatic rings. The van der Waals surface area contributed by atoms with Gasteiger partial charge >= 0.3 is 0 Å². The maximum atomic E-state index is 11.1. The van der Waals surface area contributed by atoms with Crippen molar-refractivity contribution in [2.75, 3.05) is 19.6 Å². The molecule has 2 atom stereocenters. The van der Waals surface area contributed by atoms with Crippen LogP contribution in [0.25, 0.3) is 5.57 Å². The summed E-state index contributed by atoms with van der Waals surface area (Å²) in [5.74, 6) is 8.36. The third kappa shape index (κ3) is 5.60. The van der Waals surface area contributed by atoms with E-state index in [0.717, 1.165) is 37.4 Å². The molecular weight excluding hydrogens is 406 g/mol. The Morgan fingerprint density at radius 3 is 2.65 bits per heavy atom. The predicted molar refractivity (Wildman–Crippen MR) is 133 cm³/mol. The molecule has 1 aromatic rings. The molecule has 1 N–H and O–H groups in total. The number of benzene rings is 1. The molecule has 0 aliphatic carbocycles. The minimum atomic E-state index is -0.341. The standard InChI is InChI=1S/C27H39NO2.ClH/c1-7-9-11-12-19(3)20(4)21-16-24(29)26-22-18-28(14-10-8-2)15-13-23(22)27(5,6)30-25(26)17-21;/h16-17,19-20,29H,7,9,11-15,18H2,1-6H3;1H. The van der Waals surface area contributed by atoms with Crippen LogP contribution in [-0.2, 0) is 0 Å². The first-order valence-electron chi connectivity index (χ1n) is 11.7. The largest absolute Gasteiger partial charge is 0.507 e. The van der Waals surface area contributed by atoms with E-state index in [4.69, 9.17) is 4.74 Å². The lowest BCUT2D eigenvalue weighted by atomic mass is 9.79. The second kappa shape index (κ2) is 10.8. The van der Waals surface area contributed by atoms with E-state index < -0.39 is 0 Å². The van der Waals surface area contributed by atoms with Crippen LogP contribution < -0.4 is 4.74 Å². The van der Waals surface area contributed by atoms with Crippen LogP contribution in [0.15, 0.2) is 17.7 Å². The first kappa shape index (κ1) is 25.6. The molecule has 0 radical (unpaired) electrons. The number of rotatable bonds is 7. The SMILES string of the molecule is CC#CCN1CCC2=C(C1)c1c(O)cc(C(C)C(C)CCCCC)cc1OC2(C)C.Cl. The molecule has 0 aromatic heterocycles. The van der Waals surface area contributed by atoms with Crippen molar-refractivity contribution in [2.24, 2.45) is 5.92 Å². The Labute approximate surface area is 195 Å². The lowest BCUT2D eigenvalue weighted by molar-refractivity contribution is 0.131. The Morgan fingerprint density at radius 2 is 1.97 bits per heavy atom. The molecule has 0 amide bonds. The molecule has 0 saturated heterocycles. The highest BCUT2D eigenvalue weighted by Gasteiger charge is 2.39. The second-order valence-corrected chi connectivity index (χ2v) is 9.63. The summed E-state index contributed by atoms with van der Waals surface area (Å²) in [6.45, 7) is 15.6. The molecule has 3 nitrogen and oxygen atoms in total. The molecular formula is C27H40ClNO2. The van der Waals surface area contributed by atoms with Gasteiger partial charge in [0.1, 0.15) is 17.1 Å². The van der Waals surface area contributed by atoms with Gasteiger partial charge in [-0.25, -0.2) is 0 Å². The van der Waals surface area contributed by atoms with Crippen molar-refractivity contribution in [3.05, 3.63) is 28.8 Å². The van der Waals surface area contributed by atoms with Gasteiger partial charge in [-0.1, -0.05) is 52.4 Å². The van der Waals surface area contributed by atoms with E-state index in [1.807, 2.05) is 13.0 Å². The van der Waals surface area contributed by atoms with Gasteiger partial charge < -0.3 is 9.84 Å². The maximum Gasteiger partial charge on any atom is 0.132 e. The summed E-state index contributed by atoms with van der Waals surface area (Å²) in [5.41, 5.74) is 4.29. The van der Waals surface area contributed by atoms with Crippen molar-refractivity contribution in [3.63, 3.8) is 0 Å². The molecule has 0 fully saturated rings. The van der Waals surface area contributed by atoms with Crippen molar-refractivity contribution in [1.82, 2.24) is 4.90 Å². The Balaban J connectivity index is 0.00000341. The van der Waals surface area contributed by atoms with Gasteiger partial charge in [0.05, 0.1) is 12.1 Å². The molecule has 0 spiro atoms. The minimum Gasteiger partial charge on any atom is -0.507 e. The van der Waals surface area contributed by atoms with Crippen LogP contribution >= 0.6 is 12.4 Å². The fourth-order valence-electron chi connectivity index (χ4n) is 4.94. The number of halogens is 1. The highest BCUT2D eigenvalue weighted by Crippen LogP contribution is 2.49. The van der Waals surface area contributed by atoms with Crippen LogP contribution in [-0.4, -0.2) is 35.2 Å². The van der Waals surface area contributed by atoms with Crippen molar-refractivity contribution >= 4 is 18.0 Å². The Hall–Kier alpha value is -1.63. The number of fused-ring (bicyclic) bond motifs is 2. The summed E-state index contributed by atoms with van der Waals surface area (Å²) in [7, 11) is 0. The van der Waals surface area contributed by atoms with Crippen LogP contribution in [0.4, 0.5) is 0 Å². The normalized spacial score (nSPS) is 19.2. The number of hydrogen-bond acceptors (Lipinski definition) is 3. The van der Waals surface area contributed by atoms with E-state index in [9.17, 15) is 5.11 Å².